The molecule has 1 aromatic heterocycles. The van der Waals surface area contributed by atoms with E-state index in [9.17, 15) is 9.18 Å². The molecule has 27 heavy (non-hydrogen) atoms. The highest BCUT2D eigenvalue weighted by atomic mass is 19.1. The largest absolute Gasteiger partial charge is 0.363 e. The molecule has 6 heteroatoms. The van der Waals surface area contributed by atoms with Gasteiger partial charge in [0.25, 0.3) is 5.91 Å². The molecule has 0 unspecified atom stereocenters. The van der Waals surface area contributed by atoms with Crippen LogP contribution in [-0.4, -0.2) is 47.6 Å². The Hall–Kier alpha value is -2.31. The second kappa shape index (κ2) is 7.37. The number of morpholine rings is 1. The lowest BCUT2D eigenvalue weighted by molar-refractivity contribution is -0.144. The molecule has 0 N–H and O–H groups in total. The summed E-state index contributed by atoms with van der Waals surface area (Å²) in [4.78, 5) is 20.7. The maximum Gasteiger partial charge on any atom is 0.253 e. The minimum Gasteiger partial charge on any atom is -0.363 e. The van der Waals surface area contributed by atoms with E-state index < -0.39 is 0 Å². The summed E-state index contributed by atoms with van der Waals surface area (Å²) in [6.45, 7) is 5.45. The van der Waals surface area contributed by atoms with Gasteiger partial charge in [-0.05, 0) is 61.2 Å². The van der Waals surface area contributed by atoms with Crippen molar-refractivity contribution in [1.82, 2.24) is 9.88 Å². The third-order valence-electron chi connectivity index (χ3n) is 5.69. The van der Waals surface area contributed by atoms with Crippen LogP contribution in [0.2, 0.25) is 0 Å². The number of nitrogens with zero attached hydrogens (tertiary/aromatic N) is 3. The summed E-state index contributed by atoms with van der Waals surface area (Å²) in [5, 5.41) is 0. The van der Waals surface area contributed by atoms with E-state index in [2.05, 4.69) is 22.9 Å². The van der Waals surface area contributed by atoms with Crippen LogP contribution in [0.1, 0.15) is 24.0 Å². The second-order valence-corrected chi connectivity index (χ2v) is 7.51. The normalized spacial score (nSPS) is 20.2. The van der Waals surface area contributed by atoms with Crippen LogP contribution in [0.25, 0.3) is 0 Å². The molecule has 3 heterocycles. The van der Waals surface area contributed by atoms with Crippen LogP contribution in [0.3, 0.4) is 0 Å². The summed E-state index contributed by atoms with van der Waals surface area (Å²) < 4.78 is 19.2. The van der Waals surface area contributed by atoms with Gasteiger partial charge >= 0.3 is 0 Å². The van der Waals surface area contributed by atoms with E-state index in [-0.39, 0.29) is 23.9 Å². The van der Waals surface area contributed by atoms with Gasteiger partial charge in [0, 0.05) is 37.7 Å². The summed E-state index contributed by atoms with van der Waals surface area (Å²) >= 11 is 0. The number of ether oxygens (including phenoxy) is 1. The number of amides is 1. The number of hydrogen-bond donors (Lipinski definition) is 0. The number of hydrogen-bond acceptors (Lipinski definition) is 4. The Kier molecular flexibility index (Phi) is 4.93. The summed E-state index contributed by atoms with van der Waals surface area (Å²) in [6.07, 6.45) is 5.49. The van der Waals surface area contributed by atoms with Gasteiger partial charge in [0.15, 0.2) is 0 Å². The number of benzene rings is 1. The Balaban J connectivity index is 1.42. The fourth-order valence-electron chi connectivity index (χ4n) is 3.91. The average Bonchev–Trinajstić information content (AvgIpc) is 2.68. The van der Waals surface area contributed by atoms with Gasteiger partial charge in [-0.2, -0.15) is 0 Å². The second-order valence-electron chi connectivity index (χ2n) is 7.51. The number of carbonyl (C=O) groups excluding carboxylic acids is 1. The maximum atomic E-state index is 13.2. The van der Waals surface area contributed by atoms with Crippen LogP contribution < -0.4 is 4.90 Å². The monoisotopic (exact) mass is 369 g/mol. The highest BCUT2D eigenvalue weighted by molar-refractivity contribution is 5.95. The molecule has 2 saturated heterocycles. The van der Waals surface area contributed by atoms with E-state index in [1.165, 1.54) is 23.3 Å². The molecule has 1 aromatic carbocycles. The zero-order valence-electron chi connectivity index (χ0n) is 15.5. The van der Waals surface area contributed by atoms with Crippen molar-refractivity contribution in [2.24, 2.45) is 0 Å². The summed E-state index contributed by atoms with van der Waals surface area (Å²) in [7, 11) is 0. The fourth-order valence-corrected chi connectivity index (χ4v) is 3.91. The van der Waals surface area contributed by atoms with E-state index in [0.717, 1.165) is 38.2 Å². The molecule has 0 aliphatic carbocycles. The van der Waals surface area contributed by atoms with E-state index in [4.69, 9.17) is 4.74 Å². The third kappa shape index (κ3) is 3.87. The molecule has 142 valence electrons. The first kappa shape index (κ1) is 18.1. The van der Waals surface area contributed by atoms with E-state index in [1.54, 1.807) is 17.0 Å². The van der Waals surface area contributed by atoms with Crippen LogP contribution in [0.5, 0.6) is 0 Å². The molecule has 0 bridgehead atoms. The first-order chi connectivity index (χ1) is 13.0. The van der Waals surface area contributed by atoms with Crippen molar-refractivity contribution in [1.29, 1.82) is 0 Å². The molecule has 0 radical (unpaired) electrons. The van der Waals surface area contributed by atoms with Crippen LogP contribution in [0.4, 0.5) is 10.1 Å². The van der Waals surface area contributed by atoms with Crippen molar-refractivity contribution in [2.45, 2.75) is 31.9 Å². The number of aryl methyl sites for hydroxylation is 1. The van der Waals surface area contributed by atoms with Gasteiger partial charge in [0.1, 0.15) is 12.4 Å². The SMILES string of the molecule is Cc1cnccc1CN1CCC2(CC1)CN(c1ccc(F)cc1)C(=O)CO2. The van der Waals surface area contributed by atoms with Crippen molar-refractivity contribution >= 4 is 11.6 Å². The van der Waals surface area contributed by atoms with Crippen molar-refractivity contribution in [3.05, 3.63) is 59.7 Å². The Morgan fingerprint density at radius 3 is 2.63 bits per heavy atom. The fraction of sp³-hybridized carbons (Fsp3) is 0.429. The molecule has 0 atom stereocenters. The lowest BCUT2D eigenvalue weighted by Crippen LogP contribution is -2.58. The topological polar surface area (TPSA) is 45.7 Å². The lowest BCUT2D eigenvalue weighted by Gasteiger charge is -2.47. The highest BCUT2D eigenvalue weighted by Gasteiger charge is 2.42. The number of rotatable bonds is 3. The standard InChI is InChI=1S/C21H24FN3O2/c1-16-12-23-9-6-17(16)13-24-10-7-21(8-11-24)15-25(20(26)14-27-21)19-4-2-18(22)3-5-19/h2-6,9,12H,7-8,10-11,13-15H2,1H3. The average molecular weight is 369 g/mol. The summed E-state index contributed by atoms with van der Waals surface area (Å²) in [5.41, 5.74) is 2.93. The smallest absolute Gasteiger partial charge is 0.253 e. The summed E-state index contributed by atoms with van der Waals surface area (Å²) in [6, 6.07) is 8.18. The zero-order valence-corrected chi connectivity index (χ0v) is 15.5. The van der Waals surface area contributed by atoms with Crippen molar-refractivity contribution in [2.75, 3.05) is 31.1 Å². The van der Waals surface area contributed by atoms with Gasteiger partial charge < -0.3 is 9.64 Å². The van der Waals surface area contributed by atoms with Gasteiger partial charge in [-0.25, -0.2) is 4.39 Å². The van der Waals surface area contributed by atoms with Crippen molar-refractivity contribution < 1.29 is 13.9 Å². The molecule has 2 aromatic rings. The molecular weight excluding hydrogens is 345 g/mol. The Bertz CT molecular complexity index is 816. The molecule has 2 aliphatic heterocycles. The van der Waals surface area contributed by atoms with Gasteiger partial charge in [0.2, 0.25) is 0 Å². The first-order valence-corrected chi connectivity index (χ1v) is 9.36. The Morgan fingerprint density at radius 2 is 1.93 bits per heavy atom. The predicted molar refractivity (Wildman–Crippen MR) is 101 cm³/mol. The number of halogens is 1. The Labute approximate surface area is 158 Å². The number of aromatic nitrogens is 1. The van der Waals surface area contributed by atoms with Crippen LogP contribution in [0, 0.1) is 12.7 Å². The first-order valence-electron chi connectivity index (χ1n) is 9.36. The van der Waals surface area contributed by atoms with Crippen LogP contribution >= 0.6 is 0 Å². The van der Waals surface area contributed by atoms with Crippen LogP contribution in [-0.2, 0) is 16.1 Å². The Morgan fingerprint density at radius 1 is 1.19 bits per heavy atom. The van der Waals surface area contributed by atoms with E-state index >= 15 is 0 Å². The summed E-state index contributed by atoms with van der Waals surface area (Å²) in [5.74, 6) is -0.365. The minimum atomic E-state index is -0.313. The molecule has 4 rings (SSSR count). The van der Waals surface area contributed by atoms with E-state index in [0.29, 0.717) is 6.54 Å². The molecule has 2 fully saturated rings. The molecule has 2 aliphatic rings. The van der Waals surface area contributed by atoms with Crippen LogP contribution in [0.15, 0.2) is 42.7 Å². The van der Waals surface area contributed by atoms with Crippen molar-refractivity contribution in [3.8, 4) is 0 Å². The van der Waals surface area contributed by atoms with Crippen molar-refractivity contribution in [3.63, 3.8) is 0 Å². The molecule has 1 amide bonds. The highest BCUT2D eigenvalue weighted by Crippen LogP contribution is 2.33. The number of pyridine rings is 1. The molecule has 1 spiro atoms. The number of likely N-dealkylation sites (tertiary alicyclic amines) is 1. The number of piperidine rings is 1. The lowest BCUT2D eigenvalue weighted by atomic mass is 9.88. The zero-order chi connectivity index (χ0) is 18.9. The number of carbonyl (C=O) groups is 1. The number of anilines is 1. The quantitative estimate of drug-likeness (QED) is 0.835. The molecule has 0 saturated carbocycles. The van der Waals surface area contributed by atoms with Gasteiger partial charge in [0.05, 0.1) is 12.1 Å². The third-order valence-corrected chi connectivity index (χ3v) is 5.69. The minimum absolute atomic E-state index is 0.0675. The van der Waals surface area contributed by atoms with Gasteiger partial charge in [-0.15, -0.1) is 0 Å². The molecular formula is C21H24FN3O2. The predicted octanol–water partition coefficient (Wildman–Crippen LogP) is 2.93. The molecule has 5 nitrogen and oxygen atoms in total. The van der Waals surface area contributed by atoms with Gasteiger partial charge in [-0.3, -0.25) is 14.7 Å². The maximum absolute atomic E-state index is 13.2. The van der Waals surface area contributed by atoms with E-state index in [1.807, 2.05) is 12.4 Å². The van der Waals surface area contributed by atoms with Gasteiger partial charge in [-0.1, -0.05) is 0 Å².